The number of carbonyl (C=O) groups excluding carboxylic acids is 1. The predicted octanol–water partition coefficient (Wildman–Crippen LogP) is 3.73. The van der Waals surface area contributed by atoms with Crippen molar-refractivity contribution in [3.63, 3.8) is 0 Å². The summed E-state index contributed by atoms with van der Waals surface area (Å²) in [6.07, 6.45) is -0.697. The Balaban J connectivity index is 1.95. The lowest BCUT2D eigenvalue weighted by Crippen LogP contribution is -2.34. The molecule has 3 aromatic carbocycles. The Hall–Kier alpha value is -3.62. The van der Waals surface area contributed by atoms with Crippen LogP contribution in [0.25, 0.3) is 11.0 Å². The number of aromatic nitrogens is 2. The quantitative estimate of drug-likeness (QED) is 0.388. The lowest BCUT2D eigenvalue weighted by atomic mass is 9.84. The molecule has 0 spiro atoms. The molecule has 0 radical (unpaired) electrons. The number of benzene rings is 3. The van der Waals surface area contributed by atoms with Gasteiger partial charge < -0.3 is 20.1 Å². The molecule has 0 aliphatic heterocycles. The SMILES string of the molecule is CCn1c(C(O)(c2ccccc2F)c2ccccc2F)nc2ccc(C(=O)NC[C@@H](C)O)cc21. The van der Waals surface area contributed by atoms with Gasteiger partial charge in [-0.05, 0) is 44.2 Å². The van der Waals surface area contributed by atoms with E-state index in [0.29, 0.717) is 23.1 Å². The molecule has 0 aliphatic rings. The maximum Gasteiger partial charge on any atom is 0.251 e. The van der Waals surface area contributed by atoms with Crippen molar-refractivity contribution < 1.29 is 23.8 Å². The van der Waals surface area contributed by atoms with Crippen LogP contribution in [-0.2, 0) is 12.1 Å². The number of imidazole rings is 1. The van der Waals surface area contributed by atoms with E-state index in [1.807, 2.05) is 6.92 Å². The predicted molar refractivity (Wildman–Crippen MR) is 124 cm³/mol. The molecule has 8 heteroatoms. The van der Waals surface area contributed by atoms with Gasteiger partial charge in [-0.2, -0.15) is 0 Å². The fraction of sp³-hybridized carbons (Fsp3) is 0.231. The van der Waals surface area contributed by atoms with Crippen LogP contribution in [0, 0.1) is 11.6 Å². The van der Waals surface area contributed by atoms with Crippen LogP contribution < -0.4 is 5.32 Å². The number of fused-ring (bicyclic) bond motifs is 1. The highest BCUT2D eigenvalue weighted by atomic mass is 19.1. The highest BCUT2D eigenvalue weighted by molar-refractivity contribution is 5.97. The lowest BCUT2D eigenvalue weighted by molar-refractivity contribution is 0.0924. The molecule has 1 atom stereocenters. The van der Waals surface area contributed by atoms with Gasteiger partial charge in [0.1, 0.15) is 11.6 Å². The number of aliphatic hydroxyl groups excluding tert-OH is 1. The summed E-state index contributed by atoms with van der Waals surface area (Å²) >= 11 is 0. The summed E-state index contributed by atoms with van der Waals surface area (Å²) in [7, 11) is 0. The van der Waals surface area contributed by atoms with Gasteiger partial charge in [0.25, 0.3) is 5.91 Å². The van der Waals surface area contributed by atoms with E-state index < -0.39 is 23.3 Å². The molecule has 34 heavy (non-hydrogen) atoms. The van der Waals surface area contributed by atoms with E-state index in [-0.39, 0.29) is 29.4 Å². The van der Waals surface area contributed by atoms with Gasteiger partial charge in [-0.25, -0.2) is 13.8 Å². The molecule has 176 valence electrons. The van der Waals surface area contributed by atoms with Gasteiger partial charge in [0.15, 0.2) is 11.4 Å². The van der Waals surface area contributed by atoms with Gasteiger partial charge in [0.05, 0.1) is 17.1 Å². The summed E-state index contributed by atoms with van der Waals surface area (Å²) in [5.41, 5.74) is -1.21. The molecule has 1 heterocycles. The summed E-state index contributed by atoms with van der Waals surface area (Å²) in [4.78, 5) is 17.1. The third-order valence-electron chi connectivity index (χ3n) is 5.74. The molecule has 4 aromatic rings. The minimum Gasteiger partial charge on any atom is -0.392 e. The Kier molecular flexibility index (Phi) is 6.45. The number of rotatable bonds is 7. The van der Waals surface area contributed by atoms with Crippen molar-refractivity contribution in [2.24, 2.45) is 0 Å². The van der Waals surface area contributed by atoms with Crippen molar-refractivity contribution in [3.8, 4) is 0 Å². The van der Waals surface area contributed by atoms with Crippen molar-refractivity contribution in [1.29, 1.82) is 0 Å². The molecule has 0 fully saturated rings. The van der Waals surface area contributed by atoms with Gasteiger partial charge >= 0.3 is 0 Å². The van der Waals surface area contributed by atoms with Crippen molar-refractivity contribution in [1.82, 2.24) is 14.9 Å². The Morgan fingerprint density at radius 2 is 1.65 bits per heavy atom. The van der Waals surface area contributed by atoms with Crippen LogP contribution in [0.2, 0.25) is 0 Å². The molecule has 0 saturated heterocycles. The Labute approximate surface area is 195 Å². The summed E-state index contributed by atoms with van der Waals surface area (Å²) in [5.74, 6) is -1.77. The van der Waals surface area contributed by atoms with Crippen molar-refractivity contribution in [3.05, 3.63) is 101 Å². The van der Waals surface area contributed by atoms with E-state index in [2.05, 4.69) is 10.3 Å². The minimum atomic E-state index is -2.24. The molecule has 1 amide bonds. The number of aryl methyl sites for hydroxylation is 1. The van der Waals surface area contributed by atoms with Crippen LogP contribution >= 0.6 is 0 Å². The minimum absolute atomic E-state index is 0.0294. The van der Waals surface area contributed by atoms with E-state index in [1.165, 1.54) is 36.4 Å². The maximum atomic E-state index is 15.0. The first-order chi connectivity index (χ1) is 16.3. The van der Waals surface area contributed by atoms with Gasteiger partial charge in [-0.3, -0.25) is 4.79 Å². The number of halogens is 2. The molecule has 4 rings (SSSR count). The molecular formula is C26H25F2N3O3. The standard InChI is InChI=1S/C26H25F2N3O3/c1-3-31-23-14-17(24(33)29-15-16(2)32)12-13-22(23)30-25(31)26(34,18-8-4-6-10-20(18)27)19-9-5-7-11-21(19)28/h4-14,16,32,34H,3,15H2,1-2H3,(H,29,33)/t16-/m1/s1. The largest absolute Gasteiger partial charge is 0.392 e. The second-order valence-electron chi connectivity index (χ2n) is 8.11. The van der Waals surface area contributed by atoms with E-state index >= 15 is 8.78 Å². The summed E-state index contributed by atoms with van der Waals surface area (Å²) in [6.45, 7) is 3.79. The van der Waals surface area contributed by atoms with E-state index in [1.54, 1.807) is 41.8 Å². The molecule has 6 nitrogen and oxygen atoms in total. The number of carbonyl (C=O) groups is 1. The molecule has 0 saturated carbocycles. The zero-order valence-corrected chi connectivity index (χ0v) is 18.8. The van der Waals surface area contributed by atoms with Crippen molar-refractivity contribution in [2.45, 2.75) is 32.1 Å². The Morgan fingerprint density at radius 1 is 1.06 bits per heavy atom. The molecule has 3 N–H and O–H groups in total. The lowest BCUT2D eigenvalue weighted by Gasteiger charge is -2.30. The smallest absolute Gasteiger partial charge is 0.251 e. The van der Waals surface area contributed by atoms with Crippen LogP contribution in [0.5, 0.6) is 0 Å². The van der Waals surface area contributed by atoms with Gasteiger partial charge in [-0.15, -0.1) is 0 Å². The summed E-state index contributed by atoms with van der Waals surface area (Å²) < 4.78 is 31.7. The number of amides is 1. The van der Waals surface area contributed by atoms with Crippen LogP contribution in [0.1, 0.15) is 41.2 Å². The zero-order chi connectivity index (χ0) is 24.5. The second kappa shape index (κ2) is 9.32. The Morgan fingerprint density at radius 3 is 2.18 bits per heavy atom. The van der Waals surface area contributed by atoms with Gasteiger partial charge in [0, 0.05) is 29.8 Å². The normalized spacial score (nSPS) is 12.6. The third-order valence-corrected chi connectivity index (χ3v) is 5.74. The Bertz CT molecular complexity index is 1300. The third kappa shape index (κ3) is 4.06. The first kappa shape index (κ1) is 23.5. The van der Waals surface area contributed by atoms with Gasteiger partial charge in [-0.1, -0.05) is 36.4 Å². The fourth-order valence-electron chi connectivity index (χ4n) is 4.10. The highest BCUT2D eigenvalue weighted by Crippen LogP contribution is 2.40. The van der Waals surface area contributed by atoms with E-state index in [9.17, 15) is 15.0 Å². The van der Waals surface area contributed by atoms with Crippen LogP contribution in [-0.4, -0.2) is 38.3 Å². The summed E-state index contributed by atoms with van der Waals surface area (Å²) in [5, 5.41) is 24.1. The summed E-state index contributed by atoms with van der Waals surface area (Å²) in [6, 6.07) is 16.1. The average molecular weight is 466 g/mol. The first-order valence-corrected chi connectivity index (χ1v) is 11.0. The molecule has 1 aromatic heterocycles. The zero-order valence-electron chi connectivity index (χ0n) is 18.8. The number of nitrogens with one attached hydrogen (secondary N) is 1. The van der Waals surface area contributed by atoms with Crippen LogP contribution in [0.15, 0.2) is 66.7 Å². The molecule has 0 bridgehead atoms. The fourth-order valence-corrected chi connectivity index (χ4v) is 4.10. The van der Waals surface area contributed by atoms with Gasteiger partial charge in [0.2, 0.25) is 0 Å². The number of aliphatic hydroxyl groups is 2. The monoisotopic (exact) mass is 465 g/mol. The number of nitrogens with zero attached hydrogens (tertiary/aromatic N) is 2. The van der Waals surface area contributed by atoms with Crippen LogP contribution in [0.4, 0.5) is 8.78 Å². The topological polar surface area (TPSA) is 87.4 Å². The van der Waals surface area contributed by atoms with E-state index in [0.717, 1.165) is 0 Å². The molecular weight excluding hydrogens is 440 g/mol. The average Bonchev–Trinajstić information content (AvgIpc) is 3.21. The molecule has 0 aliphatic carbocycles. The first-order valence-electron chi connectivity index (χ1n) is 11.0. The number of hydrogen-bond donors (Lipinski definition) is 3. The van der Waals surface area contributed by atoms with Crippen molar-refractivity contribution in [2.75, 3.05) is 6.54 Å². The number of hydrogen-bond acceptors (Lipinski definition) is 4. The van der Waals surface area contributed by atoms with Crippen LogP contribution in [0.3, 0.4) is 0 Å². The highest BCUT2D eigenvalue weighted by Gasteiger charge is 2.42. The second-order valence-corrected chi connectivity index (χ2v) is 8.11. The molecule has 0 unspecified atom stereocenters. The van der Waals surface area contributed by atoms with E-state index in [4.69, 9.17) is 0 Å². The van der Waals surface area contributed by atoms with Crippen molar-refractivity contribution >= 4 is 16.9 Å². The maximum absolute atomic E-state index is 15.0.